The number of aromatic nitrogens is 4. The molecule has 0 amide bonds. The molecule has 0 fully saturated rings. The predicted molar refractivity (Wildman–Crippen MR) is 134 cm³/mol. The second-order valence-corrected chi connectivity index (χ2v) is 8.57. The van der Waals surface area contributed by atoms with E-state index in [1.807, 2.05) is 72.8 Å². The van der Waals surface area contributed by atoms with E-state index >= 15 is 0 Å². The van der Waals surface area contributed by atoms with E-state index in [1.54, 1.807) is 12.1 Å². The Bertz CT molecular complexity index is 1610. The zero-order valence-electron chi connectivity index (χ0n) is 16.8. The molecule has 3 aromatic heterocycles. The van der Waals surface area contributed by atoms with Gasteiger partial charge in [-0.2, -0.15) is 0 Å². The van der Waals surface area contributed by atoms with Crippen molar-refractivity contribution in [1.29, 1.82) is 0 Å². The number of aromatic amines is 2. The van der Waals surface area contributed by atoms with E-state index in [0.717, 1.165) is 60.4 Å². The van der Waals surface area contributed by atoms with Gasteiger partial charge in [0.05, 0.1) is 22.8 Å². The van der Waals surface area contributed by atoms with Crippen molar-refractivity contribution in [1.82, 2.24) is 19.9 Å². The minimum atomic E-state index is 0.197. The number of nitrogens with one attached hydrogen (secondary N) is 2. The quantitative estimate of drug-likeness (QED) is 0.242. The van der Waals surface area contributed by atoms with Gasteiger partial charge in [-0.25, -0.2) is 9.97 Å². The third-order valence-corrected chi connectivity index (χ3v) is 6.13. The van der Waals surface area contributed by atoms with Gasteiger partial charge in [-0.1, -0.05) is 15.9 Å². The molecule has 0 saturated carbocycles. The summed E-state index contributed by atoms with van der Waals surface area (Å²) in [5.41, 5.74) is 8.98. The maximum Gasteiger partial charge on any atom is 0.116 e. The number of phenols is 1. The minimum Gasteiger partial charge on any atom is -0.508 e. The van der Waals surface area contributed by atoms with Gasteiger partial charge in [-0.15, -0.1) is 0 Å². The van der Waals surface area contributed by atoms with Crippen LogP contribution in [0.1, 0.15) is 22.8 Å². The van der Waals surface area contributed by atoms with Crippen molar-refractivity contribution >= 4 is 62.3 Å². The monoisotopic (exact) mass is 480 g/mol. The topological polar surface area (TPSA) is 77.6 Å². The number of phenolic OH excluding ortho intramolecular Hbond substituents is 1. The van der Waals surface area contributed by atoms with Crippen LogP contribution in [0.25, 0.3) is 57.5 Å². The molecule has 0 atom stereocenters. The molecule has 154 valence electrons. The highest BCUT2D eigenvalue weighted by Gasteiger charge is 2.14. The summed E-state index contributed by atoms with van der Waals surface area (Å²) in [5.74, 6) is 0.197. The molecule has 5 nitrogen and oxygen atoms in total. The lowest BCUT2D eigenvalue weighted by Gasteiger charge is -2.07. The number of aromatic hydroxyl groups is 1. The first-order valence-corrected chi connectivity index (χ1v) is 11.0. The Morgan fingerprint density at radius 3 is 2.03 bits per heavy atom. The molecule has 1 aromatic carbocycles. The predicted octanol–water partition coefficient (Wildman–Crippen LogP) is 6.79. The molecule has 0 spiro atoms. The van der Waals surface area contributed by atoms with Crippen LogP contribution in [0.15, 0.2) is 65.1 Å². The van der Waals surface area contributed by atoms with Crippen LogP contribution in [0.2, 0.25) is 0 Å². The highest BCUT2D eigenvalue weighted by atomic mass is 79.9. The van der Waals surface area contributed by atoms with Crippen LogP contribution < -0.4 is 0 Å². The van der Waals surface area contributed by atoms with Gasteiger partial charge < -0.3 is 15.1 Å². The Kier molecular flexibility index (Phi) is 4.33. The highest BCUT2D eigenvalue weighted by molar-refractivity contribution is 9.10. The molecule has 2 aliphatic rings. The first-order valence-electron chi connectivity index (χ1n) is 10.2. The van der Waals surface area contributed by atoms with Gasteiger partial charge >= 0.3 is 0 Å². The Hall–Kier alpha value is -3.90. The van der Waals surface area contributed by atoms with E-state index < -0.39 is 0 Å². The fraction of sp³-hybridized carbons (Fsp3) is 0. The van der Waals surface area contributed by atoms with E-state index in [4.69, 9.17) is 9.97 Å². The van der Waals surface area contributed by atoms with E-state index in [2.05, 4.69) is 25.9 Å². The summed E-state index contributed by atoms with van der Waals surface area (Å²) in [6.07, 6.45) is 8.00. The van der Waals surface area contributed by atoms with Gasteiger partial charge in [0.15, 0.2) is 0 Å². The second-order valence-electron chi connectivity index (χ2n) is 7.72. The average Bonchev–Trinajstić information content (AvgIpc) is 3.56. The molecular formula is C26H17BrN4O. The van der Waals surface area contributed by atoms with Crippen LogP contribution in [0.5, 0.6) is 5.75 Å². The molecule has 3 N–H and O–H groups in total. The molecule has 0 saturated heterocycles. The zero-order chi connectivity index (χ0) is 21.7. The first kappa shape index (κ1) is 18.8. The van der Waals surface area contributed by atoms with Gasteiger partial charge in [0.25, 0.3) is 0 Å². The Morgan fingerprint density at radius 2 is 1.28 bits per heavy atom. The van der Waals surface area contributed by atoms with Gasteiger partial charge in [0.1, 0.15) is 5.75 Å². The third kappa shape index (κ3) is 3.44. The van der Waals surface area contributed by atoms with E-state index in [9.17, 15) is 5.11 Å². The third-order valence-electron chi connectivity index (χ3n) is 5.44. The normalized spacial score (nSPS) is 12.4. The van der Waals surface area contributed by atoms with Crippen LogP contribution in [-0.4, -0.2) is 25.0 Å². The summed E-state index contributed by atoms with van der Waals surface area (Å²) >= 11 is 3.64. The standard InChI is InChI=1S/C26H17BrN4O/c27-23-8-7-21(32)14-22(23)26-24-9-5-19(30-24)12-17-3-1-15(28-17)11-16-2-4-18(29-16)13-20-6-10-25(26)31-20/h1-14,28,31-32H. The van der Waals surface area contributed by atoms with Gasteiger partial charge in [0, 0.05) is 37.7 Å². The van der Waals surface area contributed by atoms with Crippen LogP contribution in [0, 0.1) is 0 Å². The highest BCUT2D eigenvalue weighted by Crippen LogP contribution is 2.36. The fourth-order valence-electron chi connectivity index (χ4n) is 4.00. The van der Waals surface area contributed by atoms with Gasteiger partial charge in [-0.05, 0) is 85.0 Å². The fourth-order valence-corrected chi connectivity index (χ4v) is 4.44. The lowest BCUT2D eigenvalue weighted by atomic mass is 10.0. The number of benzene rings is 1. The number of H-pyrrole nitrogens is 2. The summed E-state index contributed by atoms with van der Waals surface area (Å²) in [4.78, 5) is 16.5. The maximum absolute atomic E-state index is 10.2. The molecule has 0 radical (unpaired) electrons. The average molecular weight is 481 g/mol. The van der Waals surface area contributed by atoms with Crippen molar-refractivity contribution in [3.63, 3.8) is 0 Å². The number of hydrogen-bond donors (Lipinski definition) is 3. The SMILES string of the molecule is Oc1ccc(Br)c(-c2c3nc(cc4ccc(cc5nc(cc6ccc2[nH]6)C=C5)[nH]4)C=C3)c1. The smallest absolute Gasteiger partial charge is 0.116 e. The van der Waals surface area contributed by atoms with Gasteiger partial charge in [0.2, 0.25) is 0 Å². The van der Waals surface area contributed by atoms with Crippen molar-refractivity contribution in [2.45, 2.75) is 0 Å². The largest absolute Gasteiger partial charge is 0.508 e. The van der Waals surface area contributed by atoms with E-state index in [1.165, 1.54) is 0 Å². The molecule has 32 heavy (non-hydrogen) atoms. The molecular weight excluding hydrogens is 464 g/mol. The molecule has 0 unspecified atom stereocenters. The van der Waals surface area contributed by atoms with Gasteiger partial charge in [-0.3, -0.25) is 0 Å². The van der Waals surface area contributed by atoms with Crippen molar-refractivity contribution in [3.8, 4) is 16.9 Å². The van der Waals surface area contributed by atoms with E-state index in [0.29, 0.717) is 0 Å². The number of nitrogens with zero attached hydrogens (tertiary/aromatic N) is 2. The molecule has 0 aliphatic carbocycles. The summed E-state index contributed by atoms with van der Waals surface area (Å²) in [6.45, 7) is 0. The van der Waals surface area contributed by atoms with Crippen molar-refractivity contribution < 1.29 is 5.11 Å². The molecule has 2 aliphatic heterocycles. The minimum absolute atomic E-state index is 0.197. The number of rotatable bonds is 1. The number of halogens is 1. The van der Waals surface area contributed by atoms with Crippen LogP contribution in [0.3, 0.4) is 0 Å². The van der Waals surface area contributed by atoms with Crippen LogP contribution in [-0.2, 0) is 0 Å². The van der Waals surface area contributed by atoms with Crippen LogP contribution >= 0.6 is 15.9 Å². The number of hydrogen-bond acceptors (Lipinski definition) is 3. The zero-order valence-corrected chi connectivity index (χ0v) is 18.4. The molecule has 6 heteroatoms. The van der Waals surface area contributed by atoms with Crippen LogP contribution in [0.4, 0.5) is 0 Å². The molecule has 6 rings (SSSR count). The van der Waals surface area contributed by atoms with E-state index in [-0.39, 0.29) is 5.75 Å². The molecule has 8 bridgehead atoms. The summed E-state index contributed by atoms with van der Waals surface area (Å²) in [5, 5.41) is 10.2. The Balaban J connectivity index is 1.74. The first-order chi connectivity index (χ1) is 15.6. The lowest BCUT2D eigenvalue weighted by molar-refractivity contribution is 0.475. The lowest BCUT2D eigenvalue weighted by Crippen LogP contribution is -1.87. The summed E-state index contributed by atoms with van der Waals surface area (Å²) in [6, 6.07) is 19.4. The summed E-state index contributed by atoms with van der Waals surface area (Å²) in [7, 11) is 0. The van der Waals surface area contributed by atoms with Crippen molar-refractivity contribution in [2.24, 2.45) is 0 Å². The second kappa shape index (κ2) is 7.35. The Morgan fingerprint density at radius 1 is 0.656 bits per heavy atom. The molecule has 5 heterocycles. The van der Waals surface area contributed by atoms with Crippen molar-refractivity contribution in [3.05, 3.63) is 87.9 Å². The number of fused-ring (bicyclic) bond motifs is 8. The van der Waals surface area contributed by atoms with Crippen molar-refractivity contribution in [2.75, 3.05) is 0 Å². The maximum atomic E-state index is 10.2. The Labute approximate surface area is 192 Å². The summed E-state index contributed by atoms with van der Waals surface area (Å²) < 4.78 is 0.875. The molecule has 4 aromatic rings.